The highest BCUT2D eigenvalue weighted by Crippen LogP contribution is 2.45. The molecule has 1 aliphatic heterocycles. The molecule has 0 spiro atoms. The summed E-state index contributed by atoms with van der Waals surface area (Å²) in [6.07, 6.45) is 9.20. The third-order valence-electron chi connectivity index (χ3n) is 5.88. The minimum atomic E-state index is 0.180. The first-order valence-electron chi connectivity index (χ1n) is 11.6. The summed E-state index contributed by atoms with van der Waals surface area (Å²) in [6, 6.07) is 19.4. The number of carbonyl (C=O) groups is 1. The number of unbranched alkanes of at least 4 members (excludes halogenated alkanes) is 2. The van der Waals surface area contributed by atoms with Crippen LogP contribution in [0, 0.1) is 0 Å². The third kappa shape index (κ3) is 5.16. The highest BCUT2D eigenvalue weighted by Gasteiger charge is 2.22. The highest BCUT2D eigenvalue weighted by atomic mass is 32.2. The van der Waals surface area contributed by atoms with Crippen LogP contribution in [0.4, 0.5) is 5.69 Å². The van der Waals surface area contributed by atoms with Gasteiger partial charge in [0.15, 0.2) is 6.20 Å². The predicted molar refractivity (Wildman–Crippen MR) is 135 cm³/mol. The van der Waals surface area contributed by atoms with E-state index in [4.69, 9.17) is 0 Å². The number of aromatic nitrogens is 1. The number of nitrogens with zero attached hydrogens (tertiary/aromatic N) is 2. The standard InChI is InChI=1S/C27H31N3OS/c1-3-17-28-26(31)15-5-4-10-18-30-19-16-21(22-11-6-7-12-23(22)30)20-27-29(2)24-13-8-9-14-25(24)32-27/h6-9,11-14,16,19-20H,3-5,10,15,17-18H2,1-2H3/p+1. The molecule has 1 amide bonds. The van der Waals surface area contributed by atoms with Gasteiger partial charge in [-0.1, -0.05) is 43.0 Å². The molecule has 0 bridgehead atoms. The number of hydrogen-bond acceptors (Lipinski definition) is 3. The molecule has 166 valence electrons. The van der Waals surface area contributed by atoms with Crippen LogP contribution in [0.15, 0.2) is 70.7 Å². The monoisotopic (exact) mass is 446 g/mol. The minimum absolute atomic E-state index is 0.180. The van der Waals surface area contributed by atoms with Crippen molar-refractivity contribution in [2.24, 2.45) is 0 Å². The summed E-state index contributed by atoms with van der Waals surface area (Å²) in [6.45, 7) is 3.82. The summed E-state index contributed by atoms with van der Waals surface area (Å²) in [4.78, 5) is 15.3. The fourth-order valence-corrected chi connectivity index (χ4v) is 5.21. The smallest absolute Gasteiger partial charge is 0.219 e. The van der Waals surface area contributed by atoms with Crippen molar-refractivity contribution in [2.45, 2.75) is 50.5 Å². The molecule has 32 heavy (non-hydrogen) atoms. The van der Waals surface area contributed by atoms with Gasteiger partial charge in [-0.3, -0.25) is 4.79 Å². The van der Waals surface area contributed by atoms with Gasteiger partial charge < -0.3 is 10.2 Å². The first-order valence-corrected chi connectivity index (χ1v) is 12.4. The fourth-order valence-electron chi connectivity index (χ4n) is 4.11. The molecule has 4 nitrogen and oxygen atoms in total. The second-order valence-electron chi connectivity index (χ2n) is 8.25. The number of benzene rings is 2. The molecule has 3 aromatic rings. The fraction of sp³-hybridized carbons (Fsp3) is 0.333. The Morgan fingerprint density at radius 2 is 1.88 bits per heavy atom. The third-order valence-corrected chi connectivity index (χ3v) is 7.05. The Hall–Kier alpha value is -2.79. The van der Waals surface area contributed by atoms with Gasteiger partial charge in [-0.2, -0.15) is 4.57 Å². The number of amides is 1. The van der Waals surface area contributed by atoms with Gasteiger partial charge in [0.2, 0.25) is 11.4 Å². The molecule has 0 saturated heterocycles. The first-order chi connectivity index (χ1) is 15.7. The quantitative estimate of drug-likeness (QED) is 0.336. The summed E-state index contributed by atoms with van der Waals surface area (Å²) in [5.41, 5.74) is 3.76. The average molecular weight is 447 g/mol. The van der Waals surface area contributed by atoms with E-state index < -0.39 is 0 Å². The molecule has 0 atom stereocenters. The molecule has 0 unspecified atom stereocenters. The van der Waals surface area contributed by atoms with Crippen molar-refractivity contribution in [1.82, 2.24) is 5.32 Å². The number of carbonyl (C=O) groups excluding carboxylic acids is 1. The molecule has 0 aliphatic carbocycles. The zero-order valence-corrected chi connectivity index (χ0v) is 19.8. The zero-order chi connectivity index (χ0) is 22.3. The lowest BCUT2D eigenvalue weighted by atomic mass is 10.1. The summed E-state index contributed by atoms with van der Waals surface area (Å²) in [7, 11) is 2.14. The second kappa shape index (κ2) is 10.7. The van der Waals surface area contributed by atoms with Crippen LogP contribution in [0.25, 0.3) is 17.0 Å². The van der Waals surface area contributed by atoms with Crippen LogP contribution in [0.3, 0.4) is 0 Å². The molecule has 5 heteroatoms. The van der Waals surface area contributed by atoms with Gasteiger partial charge in [0, 0.05) is 43.5 Å². The van der Waals surface area contributed by atoms with Crippen LogP contribution in [0.5, 0.6) is 0 Å². The van der Waals surface area contributed by atoms with Crippen molar-refractivity contribution >= 4 is 40.3 Å². The van der Waals surface area contributed by atoms with Gasteiger partial charge in [-0.25, -0.2) is 0 Å². The van der Waals surface area contributed by atoms with E-state index in [0.29, 0.717) is 6.42 Å². The Labute approximate surface area is 195 Å². The van der Waals surface area contributed by atoms with Crippen LogP contribution < -0.4 is 14.8 Å². The summed E-state index contributed by atoms with van der Waals surface area (Å²) in [5, 5.41) is 5.47. The van der Waals surface area contributed by atoms with Gasteiger partial charge in [0.05, 0.1) is 16.1 Å². The molecule has 2 heterocycles. The lowest BCUT2D eigenvalue weighted by molar-refractivity contribution is -0.671. The van der Waals surface area contributed by atoms with Crippen molar-refractivity contribution in [3.8, 4) is 0 Å². The number of thioether (sulfide) groups is 1. The Bertz CT molecular complexity index is 1120. The Balaban J connectivity index is 1.44. The van der Waals surface area contributed by atoms with Gasteiger partial charge in [0.25, 0.3) is 0 Å². The first kappa shape index (κ1) is 22.4. The maximum absolute atomic E-state index is 11.8. The van der Waals surface area contributed by atoms with Gasteiger partial charge in [-0.15, -0.1) is 0 Å². The minimum Gasteiger partial charge on any atom is -0.356 e. The van der Waals surface area contributed by atoms with Crippen molar-refractivity contribution in [3.63, 3.8) is 0 Å². The normalized spacial score (nSPS) is 14.2. The number of para-hydroxylation sites is 2. The van der Waals surface area contributed by atoms with Crippen LogP contribution >= 0.6 is 11.8 Å². The molecule has 0 radical (unpaired) electrons. The number of anilines is 1. The van der Waals surface area contributed by atoms with E-state index in [0.717, 1.165) is 38.8 Å². The van der Waals surface area contributed by atoms with E-state index in [9.17, 15) is 4.79 Å². The van der Waals surface area contributed by atoms with Crippen LogP contribution in [0.2, 0.25) is 0 Å². The number of aryl methyl sites for hydroxylation is 1. The molecule has 0 fully saturated rings. The van der Waals surface area contributed by atoms with E-state index in [-0.39, 0.29) is 5.91 Å². The maximum atomic E-state index is 11.8. The van der Waals surface area contributed by atoms with E-state index in [1.54, 1.807) is 0 Å². The highest BCUT2D eigenvalue weighted by molar-refractivity contribution is 8.03. The van der Waals surface area contributed by atoms with Gasteiger partial charge in [0.1, 0.15) is 6.54 Å². The SMILES string of the molecule is CCCNC(=O)CCCCC[n+]1ccc(C=C2Sc3ccccc3N2C)c2ccccc21. The molecule has 1 N–H and O–H groups in total. The number of hydrogen-bond donors (Lipinski definition) is 1. The lowest BCUT2D eigenvalue weighted by Crippen LogP contribution is -2.34. The van der Waals surface area contributed by atoms with Gasteiger partial charge >= 0.3 is 0 Å². The van der Waals surface area contributed by atoms with Gasteiger partial charge in [-0.05, 0) is 49.1 Å². The van der Waals surface area contributed by atoms with Crippen molar-refractivity contribution in [2.75, 3.05) is 18.5 Å². The van der Waals surface area contributed by atoms with E-state index in [2.05, 4.69) is 95.6 Å². The number of nitrogens with one attached hydrogen (secondary N) is 1. The molecule has 1 aromatic heterocycles. The molecule has 0 saturated carbocycles. The lowest BCUT2D eigenvalue weighted by Gasteiger charge is -2.13. The van der Waals surface area contributed by atoms with Crippen molar-refractivity contribution < 1.29 is 9.36 Å². The van der Waals surface area contributed by atoms with E-state index in [1.807, 2.05) is 11.8 Å². The largest absolute Gasteiger partial charge is 0.356 e. The molecule has 1 aliphatic rings. The zero-order valence-electron chi connectivity index (χ0n) is 19.0. The number of fused-ring (bicyclic) bond motifs is 2. The molecule has 2 aromatic carbocycles. The Kier molecular flexibility index (Phi) is 7.48. The maximum Gasteiger partial charge on any atom is 0.219 e. The number of pyridine rings is 1. The van der Waals surface area contributed by atoms with E-state index in [1.165, 1.54) is 32.1 Å². The van der Waals surface area contributed by atoms with Crippen LogP contribution in [0.1, 0.15) is 44.6 Å². The molecule has 4 rings (SSSR count). The summed E-state index contributed by atoms with van der Waals surface area (Å²) >= 11 is 1.83. The second-order valence-corrected chi connectivity index (χ2v) is 9.32. The molecular weight excluding hydrogens is 414 g/mol. The predicted octanol–water partition coefficient (Wildman–Crippen LogP) is 5.75. The van der Waals surface area contributed by atoms with E-state index >= 15 is 0 Å². The average Bonchev–Trinajstić information content (AvgIpc) is 3.14. The van der Waals surface area contributed by atoms with Crippen molar-refractivity contribution in [3.05, 3.63) is 71.4 Å². The summed E-state index contributed by atoms with van der Waals surface area (Å²) in [5.74, 6) is 0.180. The Morgan fingerprint density at radius 3 is 2.72 bits per heavy atom. The van der Waals surface area contributed by atoms with Crippen LogP contribution in [-0.2, 0) is 11.3 Å². The summed E-state index contributed by atoms with van der Waals surface area (Å²) < 4.78 is 2.34. The topological polar surface area (TPSA) is 36.2 Å². The van der Waals surface area contributed by atoms with Crippen LogP contribution in [-0.4, -0.2) is 19.5 Å². The van der Waals surface area contributed by atoms with Crippen molar-refractivity contribution in [1.29, 1.82) is 0 Å². The Morgan fingerprint density at radius 1 is 1.06 bits per heavy atom. The molecular formula is C27H32N3OS+. The number of rotatable bonds is 9.